The predicted molar refractivity (Wildman–Crippen MR) is 80.0 cm³/mol. The molecule has 0 atom stereocenters. The highest BCUT2D eigenvalue weighted by atomic mass is 16.5. The van der Waals surface area contributed by atoms with Crippen molar-refractivity contribution < 1.29 is 34.7 Å². The van der Waals surface area contributed by atoms with Crippen LogP contribution < -0.4 is 4.74 Å². The van der Waals surface area contributed by atoms with Gasteiger partial charge < -0.3 is 29.9 Å². The van der Waals surface area contributed by atoms with Crippen LogP contribution in [0.5, 0.6) is 28.7 Å². The lowest BCUT2D eigenvalue weighted by Gasteiger charge is -2.13. The molecule has 0 aromatic heterocycles. The Bertz CT molecular complexity index is 729. The number of benzene rings is 2. The number of aryl methyl sites for hydroxylation is 1. The van der Waals surface area contributed by atoms with Gasteiger partial charge >= 0.3 is 5.97 Å². The second kappa shape index (κ2) is 6.45. The fraction of sp³-hybridized carbons (Fsp3) is 0.188. The Morgan fingerprint density at radius 3 is 2.35 bits per heavy atom. The standard InChI is InChI=1S/C16H16O7/c1-8-3-10(6-11(18)14(8)16(21)22-2)23-13-5-9(7-17)4-12(19)15(13)20/h3-6,17-20H,7H2,1-2H3. The minimum Gasteiger partial charge on any atom is -0.507 e. The smallest absolute Gasteiger partial charge is 0.341 e. The summed E-state index contributed by atoms with van der Waals surface area (Å²) in [6, 6.07) is 5.19. The average molecular weight is 320 g/mol. The number of carbonyl (C=O) groups is 1. The van der Waals surface area contributed by atoms with Gasteiger partial charge in [0.1, 0.15) is 17.1 Å². The molecule has 23 heavy (non-hydrogen) atoms. The molecule has 0 heterocycles. The summed E-state index contributed by atoms with van der Waals surface area (Å²) in [6.07, 6.45) is 0. The Balaban J connectivity index is 2.42. The zero-order valence-corrected chi connectivity index (χ0v) is 12.5. The summed E-state index contributed by atoms with van der Waals surface area (Å²) in [7, 11) is 1.20. The van der Waals surface area contributed by atoms with Crippen molar-refractivity contribution in [3.05, 3.63) is 41.0 Å². The fourth-order valence-electron chi connectivity index (χ4n) is 2.11. The normalized spacial score (nSPS) is 10.4. The summed E-state index contributed by atoms with van der Waals surface area (Å²) in [5, 5.41) is 38.5. The van der Waals surface area contributed by atoms with Crippen LogP contribution in [-0.4, -0.2) is 33.5 Å². The number of hydrogen-bond acceptors (Lipinski definition) is 7. The zero-order valence-electron chi connectivity index (χ0n) is 12.5. The monoisotopic (exact) mass is 320 g/mol. The molecule has 0 bridgehead atoms. The van der Waals surface area contributed by atoms with Gasteiger partial charge in [-0.25, -0.2) is 4.79 Å². The van der Waals surface area contributed by atoms with Gasteiger partial charge in [-0.05, 0) is 36.2 Å². The molecule has 0 saturated heterocycles. The van der Waals surface area contributed by atoms with Crippen molar-refractivity contribution in [1.29, 1.82) is 0 Å². The van der Waals surface area contributed by atoms with Crippen LogP contribution in [0.15, 0.2) is 24.3 Å². The Hall–Kier alpha value is -2.93. The minimum atomic E-state index is -0.686. The summed E-state index contributed by atoms with van der Waals surface area (Å²) in [5.41, 5.74) is 0.757. The van der Waals surface area contributed by atoms with Crippen molar-refractivity contribution in [2.75, 3.05) is 7.11 Å². The van der Waals surface area contributed by atoms with Crippen molar-refractivity contribution in [3.8, 4) is 28.7 Å². The lowest BCUT2D eigenvalue weighted by Crippen LogP contribution is -2.04. The van der Waals surface area contributed by atoms with Crippen molar-refractivity contribution in [2.24, 2.45) is 0 Å². The summed E-state index contributed by atoms with van der Waals surface area (Å²) < 4.78 is 10.0. The Kier molecular flexibility index (Phi) is 4.61. The number of aromatic hydroxyl groups is 3. The molecule has 7 nitrogen and oxygen atoms in total. The van der Waals surface area contributed by atoms with E-state index < -0.39 is 17.5 Å². The number of phenolic OH excluding ortho intramolecular Hbond substituents is 3. The average Bonchev–Trinajstić information content (AvgIpc) is 2.50. The van der Waals surface area contributed by atoms with Crippen LogP contribution in [-0.2, 0) is 11.3 Å². The molecule has 0 saturated carbocycles. The minimum absolute atomic E-state index is 0.0102. The third kappa shape index (κ3) is 3.29. The van der Waals surface area contributed by atoms with Crippen LogP contribution in [0.2, 0.25) is 0 Å². The topological polar surface area (TPSA) is 116 Å². The first kappa shape index (κ1) is 16.4. The number of rotatable bonds is 4. The van der Waals surface area contributed by atoms with Gasteiger partial charge in [0.2, 0.25) is 5.75 Å². The number of phenols is 3. The molecular weight excluding hydrogens is 304 g/mol. The summed E-state index contributed by atoms with van der Waals surface area (Å²) in [4.78, 5) is 11.6. The highest BCUT2D eigenvalue weighted by molar-refractivity contribution is 5.94. The van der Waals surface area contributed by atoms with E-state index >= 15 is 0 Å². The van der Waals surface area contributed by atoms with Gasteiger partial charge in [0.15, 0.2) is 11.5 Å². The number of aliphatic hydroxyl groups is 1. The zero-order chi connectivity index (χ0) is 17.1. The molecule has 2 aromatic carbocycles. The number of hydrogen-bond donors (Lipinski definition) is 4. The van der Waals surface area contributed by atoms with Crippen molar-refractivity contribution >= 4 is 5.97 Å². The van der Waals surface area contributed by atoms with Gasteiger partial charge in [0, 0.05) is 6.07 Å². The number of esters is 1. The van der Waals surface area contributed by atoms with E-state index in [1.54, 1.807) is 6.92 Å². The largest absolute Gasteiger partial charge is 0.507 e. The molecular formula is C16H16O7. The maximum absolute atomic E-state index is 11.6. The van der Waals surface area contributed by atoms with Gasteiger partial charge in [-0.2, -0.15) is 0 Å². The molecule has 0 aliphatic carbocycles. The van der Waals surface area contributed by atoms with Gasteiger partial charge in [-0.1, -0.05) is 0 Å². The number of aliphatic hydroxyl groups excluding tert-OH is 1. The molecule has 2 rings (SSSR count). The molecule has 7 heteroatoms. The van der Waals surface area contributed by atoms with E-state index in [4.69, 9.17) is 9.84 Å². The van der Waals surface area contributed by atoms with Gasteiger partial charge in [-0.3, -0.25) is 0 Å². The first-order valence-electron chi connectivity index (χ1n) is 6.62. The van der Waals surface area contributed by atoms with Crippen LogP contribution in [0, 0.1) is 6.92 Å². The SMILES string of the molecule is COC(=O)c1c(C)cc(Oc2cc(CO)cc(O)c2O)cc1O. The summed E-state index contributed by atoms with van der Waals surface area (Å²) in [5.74, 6) is -1.94. The van der Waals surface area contributed by atoms with E-state index in [1.165, 1.54) is 31.4 Å². The summed E-state index contributed by atoms with van der Waals surface area (Å²) >= 11 is 0. The van der Waals surface area contributed by atoms with Crippen LogP contribution >= 0.6 is 0 Å². The van der Waals surface area contributed by atoms with Crippen LogP contribution in [0.3, 0.4) is 0 Å². The predicted octanol–water partition coefficient (Wildman–Crippen LogP) is 2.18. The highest BCUT2D eigenvalue weighted by Gasteiger charge is 2.18. The Labute approximate surface area is 132 Å². The van der Waals surface area contributed by atoms with Gasteiger partial charge in [-0.15, -0.1) is 0 Å². The quantitative estimate of drug-likeness (QED) is 0.504. The van der Waals surface area contributed by atoms with E-state index in [-0.39, 0.29) is 29.4 Å². The lowest BCUT2D eigenvalue weighted by atomic mass is 10.1. The molecule has 0 radical (unpaired) electrons. The Morgan fingerprint density at radius 1 is 1.09 bits per heavy atom. The van der Waals surface area contributed by atoms with E-state index in [0.717, 1.165) is 0 Å². The molecule has 0 fully saturated rings. The van der Waals surface area contributed by atoms with E-state index in [2.05, 4.69) is 4.74 Å². The first-order valence-corrected chi connectivity index (χ1v) is 6.62. The van der Waals surface area contributed by atoms with E-state index in [1.807, 2.05) is 0 Å². The van der Waals surface area contributed by atoms with Crippen LogP contribution in [0.1, 0.15) is 21.5 Å². The molecule has 0 unspecified atom stereocenters. The van der Waals surface area contributed by atoms with Crippen molar-refractivity contribution in [1.82, 2.24) is 0 Å². The second-order valence-electron chi connectivity index (χ2n) is 4.85. The Morgan fingerprint density at radius 2 is 1.78 bits per heavy atom. The van der Waals surface area contributed by atoms with Crippen LogP contribution in [0.25, 0.3) is 0 Å². The third-order valence-electron chi connectivity index (χ3n) is 3.20. The van der Waals surface area contributed by atoms with Crippen molar-refractivity contribution in [3.63, 3.8) is 0 Å². The van der Waals surface area contributed by atoms with Gasteiger partial charge in [0.05, 0.1) is 13.7 Å². The molecule has 2 aromatic rings. The number of ether oxygens (including phenoxy) is 2. The molecule has 122 valence electrons. The molecule has 0 aliphatic heterocycles. The third-order valence-corrected chi connectivity index (χ3v) is 3.20. The molecule has 0 aliphatic rings. The number of methoxy groups -OCH3 is 1. The van der Waals surface area contributed by atoms with Gasteiger partial charge in [0.25, 0.3) is 0 Å². The number of carbonyl (C=O) groups excluding carboxylic acids is 1. The summed E-state index contributed by atoms with van der Waals surface area (Å²) in [6.45, 7) is 1.23. The second-order valence-corrected chi connectivity index (χ2v) is 4.85. The highest BCUT2D eigenvalue weighted by Crippen LogP contribution is 2.40. The lowest BCUT2D eigenvalue weighted by molar-refractivity contribution is 0.0596. The first-order chi connectivity index (χ1) is 10.9. The fourth-order valence-corrected chi connectivity index (χ4v) is 2.11. The van der Waals surface area contributed by atoms with E-state index in [0.29, 0.717) is 11.1 Å². The van der Waals surface area contributed by atoms with E-state index in [9.17, 15) is 20.1 Å². The molecule has 0 spiro atoms. The maximum atomic E-state index is 11.6. The molecule has 4 N–H and O–H groups in total. The molecule has 0 amide bonds. The maximum Gasteiger partial charge on any atom is 0.341 e. The van der Waals surface area contributed by atoms with Crippen LogP contribution in [0.4, 0.5) is 0 Å². The van der Waals surface area contributed by atoms with Crippen molar-refractivity contribution in [2.45, 2.75) is 13.5 Å².